The third-order valence-corrected chi connectivity index (χ3v) is 7.15. The van der Waals surface area contributed by atoms with Crippen LogP contribution in [-0.2, 0) is 10.7 Å². The summed E-state index contributed by atoms with van der Waals surface area (Å²) < 4.78 is 73.4. The molecule has 0 aliphatic heterocycles. The molecule has 0 saturated heterocycles. The first-order valence-electron chi connectivity index (χ1n) is 9.53. The van der Waals surface area contributed by atoms with Gasteiger partial charge < -0.3 is 15.0 Å². The Hall–Kier alpha value is -2.28. The molecule has 33 heavy (non-hydrogen) atoms. The first-order chi connectivity index (χ1) is 15.2. The Balaban J connectivity index is 2.07. The van der Waals surface area contributed by atoms with Crippen LogP contribution in [0.15, 0.2) is 42.6 Å². The van der Waals surface area contributed by atoms with Crippen LogP contribution in [0.5, 0.6) is 5.75 Å². The van der Waals surface area contributed by atoms with E-state index in [1.165, 1.54) is 50.7 Å². The Bertz CT molecular complexity index is 1260. The van der Waals surface area contributed by atoms with Gasteiger partial charge in [0.2, 0.25) is 0 Å². The van der Waals surface area contributed by atoms with Gasteiger partial charge in [-0.1, -0.05) is 35.3 Å². The van der Waals surface area contributed by atoms with Crippen LogP contribution in [0.3, 0.4) is 0 Å². The predicted molar refractivity (Wildman–Crippen MR) is 124 cm³/mol. The highest BCUT2D eigenvalue weighted by atomic mass is 35.5. The fourth-order valence-corrected chi connectivity index (χ4v) is 4.77. The molecule has 176 valence electrons. The van der Waals surface area contributed by atoms with E-state index in [9.17, 15) is 22.1 Å². The molecule has 1 heterocycles. The molecule has 0 aliphatic carbocycles. The standard InChI is InChI=1S/C22H19Cl2F4N2O2P/c1-11(19-16(23)6-7-17(25)20(19)24)32-18-8-12(10-30-21(18)29)14-5-4-13(33(2,3)31)9-15(14)22(26,27)28/h4-11H,1-3H3,(H2,29,30). The number of hydrogen-bond donors (Lipinski definition) is 1. The molecule has 1 atom stereocenters. The Morgan fingerprint density at radius 2 is 1.79 bits per heavy atom. The average molecular weight is 521 g/mol. The van der Waals surface area contributed by atoms with Crippen molar-refractivity contribution in [3.8, 4) is 16.9 Å². The topological polar surface area (TPSA) is 65.2 Å². The summed E-state index contributed by atoms with van der Waals surface area (Å²) in [6.45, 7) is 4.32. The van der Waals surface area contributed by atoms with Crippen molar-refractivity contribution in [3.05, 3.63) is 69.6 Å². The number of rotatable bonds is 5. The van der Waals surface area contributed by atoms with Crippen molar-refractivity contribution in [1.29, 1.82) is 0 Å². The number of nitrogens with two attached hydrogens (primary N) is 1. The van der Waals surface area contributed by atoms with Gasteiger partial charge in [0.15, 0.2) is 11.6 Å². The minimum atomic E-state index is -4.71. The van der Waals surface area contributed by atoms with Gasteiger partial charge in [0.1, 0.15) is 19.1 Å². The summed E-state index contributed by atoms with van der Waals surface area (Å²) in [5.41, 5.74) is 4.94. The lowest BCUT2D eigenvalue weighted by Gasteiger charge is -2.20. The molecule has 4 nitrogen and oxygen atoms in total. The van der Waals surface area contributed by atoms with Crippen LogP contribution in [0.25, 0.3) is 11.1 Å². The molecule has 0 amide bonds. The van der Waals surface area contributed by atoms with E-state index in [2.05, 4.69) is 4.98 Å². The predicted octanol–water partition coefficient (Wildman–Crippen LogP) is 7.18. The minimum absolute atomic E-state index is 0.0368. The fraction of sp³-hybridized carbons (Fsp3) is 0.227. The van der Waals surface area contributed by atoms with E-state index >= 15 is 0 Å². The highest BCUT2D eigenvalue weighted by molar-refractivity contribution is 7.70. The molecular weight excluding hydrogens is 502 g/mol. The van der Waals surface area contributed by atoms with Crippen molar-refractivity contribution >= 4 is 41.5 Å². The lowest BCUT2D eigenvalue weighted by molar-refractivity contribution is -0.137. The normalized spacial score (nSPS) is 13.1. The van der Waals surface area contributed by atoms with E-state index in [4.69, 9.17) is 33.7 Å². The monoisotopic (exact) mass is 520 g/mol. The number of aromatic nitrogens is 1. The highest BCUT2D eigenvalue weighted by Crippen LogP contribution is 2.42. The fourth-order valence-electron chi connectivity index (χ4n) is 3.22. The van der Waals surface area contributed by atoms with E-state index in [1.54, 1.807) is 0 Å². The maximum atomic E-state index is 13.9. The molecule has 0 bridgehead atoms. The Morgan fingerprint density at radius 1 is 1.12 bits per heavy atom. The Kier molecular flexibility index (Phi) is 7.04. The maximum absolute atomic E-state index is 13.9. The first kappa shape index (κ1) is 25.3. The van der Waals surface area contributed by atoms with Crippen LogP contribution in [0.2, 0.25) is 10.0 Å². The van der Waals surface area contributed by atoms with E-state index < -0.39 is 30.8 Å². The van der Waals surface area contributed by atoms with Crippen molar-refractivity contribution in [2.45, 2.75) is 19.2 Å². The molecule has 1 unspecified atom stereocenters. The summed E-state index contributed by atoms with van der Waals surface area (Å²) in [6, 6.07) is 7.21. The van der Waals surface area contributed by atoms with E-state index in [1.807, 2.05) is 0 Å². The number of halogens is 6. The second-order valence-corrected chi connectivity index (χ2v) is 11.7. The van der Waals surface area contributed by atoms with Crippen LogP contribution in [-0.4, -0.2) is 18.3 Å². The third kappa shape index (κ3) is 5.45. The number of ether oxygens (including phenoxy) is 1. The van der Waals surface area contributed by atoms with E-state index in [0.717, 1.165) is 12.1 Å². The van der Waals surface area contributed by atoms with Gasteiger partial charge in [-0.3, -0.25) is 0 Å². The molecule has 2 aromatic carbocycles. The van der Waals surface area contributed by atoms with Gasteiger partial charge in [0.05, 0.1) is 10.6 Å². The van der Waals surface area contributed by atoms with E-state index in [-0.39, 0.29) is 43.6 Å². The third-order valence-electron chi connectivity index (χ3n) is 4.91. The number of nitrogen functional groups attached to an aromatic ring is 1. The molecule has 0 fully saturated rings. The highest BCUT2D eigenvalue weighted by Gasteiger charge is 2.35. The zero-order valence-corrected chi connectivity index (χ0v) is 20.1. The Morgan fingerprint density at radius 3 is 2.39 bits per heavy atom. The van der Waals surface area contributed by atoms with Gasteiger partial charge in [-0.05, 0) is 50.1 Å². The number of alkyl halides is 3. The van der Waals surface area contributed by atoms with Gasteiger partial charge in [-0.2, -0.15) is 13.2 Å². The van der Waals surface area contributed by atoms with Crippen LogP contribution >= 0.6 is 30.3 Å². The van der Waals surface area contributed by atoms with Gasteiger partial charge in [-0.25, -0.2) is 9.37 Å². The lowest BCUT2D eigenvalue weighted by Crippen LogP contribution is -2.13. The average Bonchev–Trinajstić information content (AvgIpc) is 2.71. The largest absolute Gasteiger partial charge is 0.482 e. The smallest absolute Gasteiger partial charge is 0.417 e. The van der Waals surface area contributed by atoms with Crippen molar-refractivity contribution in [2.75, 3.05) is 19.1 Å². The summed E-state index contributed by atoms with van der Waals surface area (Å²) in [5, 5.41) is 0.00810. The summed E-state index contributed by atoms with van der Waals surface area (Å²) >= 11 is 12.1. The van der Waals surface area contributed by atoms with Gasteiger partial charge in [0.25, 0.3) is 0 Å². The molecule has 11 heteroatoms. The van der Waals surface area contributed by atoms with Crippen LogP contribution in [0, 0.1) is 5.82 Å². The number of anilines is 1. The summed E-state index contributed by atoms with van der Waals surface area (Å²) in [4.78, 5) is 3.95. The number of hydrogen-bond acceptors (Lipinski definition) is 4. The summed E-state index contributed by atoms with van der Waals surface area (Å²) in [6.07, 6.45) is -4.43. The first-order valence-corrected chi connectivity index (χ1v) is 12.9. The molecule has 0 spiro atoms. The van der Waals surface area contributed by atoms with Crippen LogP contribution < -0.4 is 15.8 Å². The second kappa shape index (κ2) is 9.16. The van der Waals surface area contributed by atoms with Gasteiger partial charge in [0, 0.05) is 27.7 Å². The van der Waals surface area contributed by atoms with Crippen molar-refractivity contribution in [2.24, 2.45) is 0 Å². The van der Waals surface area contributed by atoms with Crippen molar-refractivity contribution in [1.82, 2.24) is 4.98 Å². The zero-order valence-electron chi connectivity index (χ0n) is 17.7. The lowest BCUT2D eigenvalue weighted by atomic mass is 10.0. The molecule has 0 saturated carbocycles. The summed E-state index contributed by atoms with van der Waals surface area (Å²) in [5.74, 6) is -0.832. The van der Waals surface area contributed by atoms with Crippen molar-refractivity contribution in [3.63, 3.8) is 0 Å². The summed E-state index contributed by atoms with van der Waals surface area (Å²) in [7, 11) is -2.93. The quantitative estimate of drug-likeness (QED) is 0.220. The van der Waals surface area contributed by atoms with Gasteiger partial charge in [-0.15, -0.1) is 0 Å². The maximum Gasteiger partial charge on any atom is 0.417 e. The zero-order chi connectivity index (χ0) is 24.7. The molecule has 1 aromatic heterocycles. The molecule has 0 radical (unpaired) electrons. The van der Waals surface area contributed by atoms with Crippen LogP contribution in [0.4, 0.5) is 23.4 Å². The second-order valence-electron chi connectivity index (χ2n) is 7.70. The SMILES string of the molecule is CC(Oc1cc(-c2ccc(P(C)(C)=O)cc2C(F)(F)F)cnc1N)c1c(Cl)ccc(F)c1Cl. The molecule has 2 N–H and O–H groups in total. The molecule has 0 aliphatic rings. The number of nitrogens with zero attached hydrogens (tertiary/aromatic N) is 1. The number of pyridine rings is 1. The van der Waals surface area contributed by atoms with Gasteiger partial charge >= 0.3 is 6.18 Å². The molecule has 3 rings (SSSR count). The number of benzene rings is 2. The minimum Gasteiger partial charge on any atom is -0.482 e. The van der Waals surface area contributed by atoms with Crippen molar-refractivity contribution < 1.29 is 26.9 Å². The van der Waals surface area contributed by atoms with E-state index in [0.29, 0.717) is 0 Å². The molecule has 3 aromatic rings. The molecular formula is C22H19Cl2F4N2O2P. The Labute approximate surface area is 198 Å². The van der Waals surface area contributed by atoms with Crippen LogP contribution in [0.1, 0.15) is 24.2 Å².